The number of benzene rings is 10. The second-order valence-corrected chi connectivity index (χ2v) is 16.2. The Bertz CT molecular complexity index is 3160. The summed E-state index contributed by atoms with van der Waals surface area (Å²) in [4.78, 5) is 2.56. The maximum absolute atomic E-state index is 2.56. The van der Waals surface area contributed by atoms with Crippen molar-refractivity contribution in [2.45, 2.75) is 38.0 Å². The van der Waals surface area contributed by atoms with Crippen molar-refractivity contribution < 1.29 is 0 Å². The summed E-state index contributed by atoms with van der Waals surface area (Å²) in [5.74, 6) is 0.576. The van der Waals surface area contributed by atoms with Gasteiger partial charge in [0.1, 0.15) is 0 Å². The summed E-state index contributed by atoms with van der Waals surface area (Å²) in [6.45, 7) is 0. The van der Waals surface area contributed by atoms with Gasteiger partial charge >= 0.3 is 0 Å². The van der Waals surface area contributed by atoms with Gasteiger partial charge in [-0.25, -0.2) is 0 Å². The predicted octanol–water partition coefficient (Wildman–Crippen LogP) is 16.8. The molecule has 282 valence electrons. The lowest BCUT2D eigenvalue weighted by molar-refractivity contribution is 0.445. The molecule has 1 aliphatic rings. The van der Waals surface area contributed by atoms with Crippen molar-refractivity contribution >= 4 is 60.2 Å². The molecule has 11 rings (SSSR count). The number of fused-ring (bicyclic) bond motifs is 5. The topological polar surface area (TPSA) is 3.24 Å². The van der Waals surface area contributed by atoms with Crippen LogP contribution in [-0.2, 0) is 0 Å². The van der Waals surface area contributed by atoms with E-state index in [1.807, 2.05) is 0 Å². The predicted molar refractivity (Wildman–Crippen MR) is 253 cm³/mol. The van der Waals surface area contributed by atoms with Gasteiger partial charge < -0.3 is 4.90 Å². The van der Waals surface area contributed by atoms with Crippen LogP contribution in [0.25, 0.3) is 76.5 Å². The first kappa shape index (κ1) is 35.2. The molecule has 0 amide bonds. The van der Waals surface area contributed by atoms with Crippen molar-refractivity contribution in [3.8, 4) is 33.4 Å². The molecular formula is C58H45N. The lowest BCUT2D eigenvalue weighted by Crippen LogP contribution is -2.14. The molecule has 0 aromatic heterocycles. The molecule has 0 radical (unpaired) electrons. The van der Waals surface area contributed by atoms with E-state index in [1.54, 1.807) is 0 Å². The Morgan fingerprint density at radius 1 is 0.288 bits per heavy atom. The fraction of sp³-hybridized carbons (Fsp3) is 0.103. The zero-order valence-electron chi connectivity index (χ0n) is 33.2. The highest BCUT2D eigenvalue weighted by molar-refractivity contribution is 6.14. The quantitative estimate of drug-likeness (QED) is 0.146. The number of para-hydroxylation sites is 3. The van der Waals surface area contributed by atoms with Crippen LogP contribution >= 0.6 is 0 Å². The molecule has 0 saturated heterocycles. The molecule has 0 bridgehead atoms. The third-order valence-corrected chi connectivity index (χ3v) is 12.9. The average Bonchev–Trinajstić information content (AvgIpc) is 3.31. The van der Waals surface area contributed by atoms with Gasteiger partial charge in [-0.15, -0.1) is 0 Å². The van der Waals surface area contributed by atoms with E-state index in [9.17, 15) is 0 Å². The Balaban J connectivity index is 1.21. The van der Waals surface area contributed by atoms with Crippen LogP contribution in [0.2, 0.25) is 0 Å². The van der Waals surface area contributed by atoms with Crippen molar-refractivity contribution in [2.75, 3.05) is 4.90 Å². The molecule has 10 aromatic carbocycles. The first-order chi connectivity index (χ1) is 29.3. The van der Waals surface area contributed by atoms with Crippen LogP contribution in [0.4, 0.5) is 17.1 Å². The molecule has 0 atom stereocenters. The molecule has 0 aliphatic heterocycles. The molecule has 1 aliphatic carbocycles. The van der Waals surface area contributed by atoms with Crippen LogP contribution < -0.4 is 4.90 Å². The Hall–Kier alpha value is -6.96. The summed E-state index contributed by atoms with van der Waals surface area (Å²) in [6.07, 6.45) is 6.47. The van der Waals surface area contributed by atoms with E-state index < -0.39 is 0 Å². The van der Waals surface area contributed by atoms with Gasteiger partial charge in [-0.1, -0.05) is 207 Å². The smallest absolute Gasteiger partial charge is 0.0540 e. The summed E-state index contributed by atoms with van der Waals surface area (Å²) in [7, 11) is 0. The molecule has 1 heteroatoms. The van der Waals surface area contributed by atoms with E-state index in [1.165, 1.54) is 114 Å². The van der Waals surface area contributed by atoms with Gasteiger partial charge in [0.25, 0.3) is 0 Å². The van der Waals surface area contributed by atoms with Gasteiger partial charge in [0, 0.05) is 16.7 Å². The molecule has 0 N–H and O–H groups in total. The Labute approximate surface area is 346 Å². The monoisotopic (exact) mass is 755 g/mol. The minimum atomic E-state index is 0.576. The van der Waals surface area contributed by atoms with Crippen LogP contribution in [-0.4, -0.2) is 0 Å². The number of anilines is 3. The van der Waals surface area contributed by atoms with E-state index in [-0.39, 0.29) is 0 Å². The fourth-order valence-electron chi connectivity index (χ4n) is 10.2. The van der Waals surface area contributed by atoms with E-state index >= 15 is 0 Å². The molecule has 0 heterocycles. The van der Waals surface area contributed by atoms with Crippen LogP contribution in [0.15, 0.2) is 206 Å². The summed E-state index contributed by atoms with van der Waals surface area (Å²) in [5.41, 5.74) is 12.3. The van der Waals surface area contributed by atoms with Gasteiger partial charge in [0.15, 0.2) is 0 Å². The van der Waals surface area contributed by atoms with Gasteiger partial charge in [-0.2, -0.15) is 0 Å². The van der Waals surface area contributed by atoms with Crippen LogP contribution in [0.5, 0.6) is 0 Å². The Morgan fingerprint density at radius 2 is 0.729 bits per heavy atom. The van der Waals surface area contributed by atoms with Gasteiger partial charge in [-0.3, -0.25) is 0 Å². The third kappa shape index (κ3) is 6.17. The number of hydrogen-bond donors (Lipinski definition) is 0. The summed E-state index contributed by atoms with van der Waals surface area (Å²) in [5, 5.41) is 10.2. The van der Waals surface area contributed by atoms with Crippen LogP contribution in [0.1, 0.15) is 43.6 Å². The zero-order chi connectivity index (χ0) is 39.1. The summed E-state index contributed by atoms with van der Waals surface area (Å²) >= 11 is 0. The number of nitrogens with zero attached hydrogens (tertiary/aromatic N) is 1. The Kier molecular flexibility index (Phi) is 9.01. The van der Waals surface area contributed by atoms with Crippen molar-refractivity contribution in [3.63, 3.8) is 0 Å². The standard InChI is InChI=1S/C58H45N/c1-2-18-41(19-3-1)46-30-15-23-43-24-16-34-54(58(43)46)53-29-10-13-37-57(53)59(55-35-11-8-27-51(55)48-31-14-22-40-20-4-6-25-44(40)48)56-36-12-9-28-52(56)49-33-17-32-47-45-26-7-5-21-42(45)38-39-50(47)49/h4-17,20-39,41H,1-3,18-19H2. The molecule has 0 unspecified atom stereocenters. The van der Waals surface area contributed by atoms with Crippen molar-refractivity contribution in [1.82, 2.24) is 0 Å². The molecule has 0 spiro atoms. The number of rotatable bonds is 7. The fourth-order valence-corrected chi connectivity index (χ4v) is 10.2. The minimum absolute atomic E-state index is 0.576. The van der Waals surface area contributed by atoms with Crippen molar-refractivity contribution in [1.29, 1.82) is 0 Å². The van der Waals surface area contributed by atoms with Crippen LogP contribution in [0, 0.1) is 0 Å². The van der Waals surface area contributed by atoms with Crippen LogP contribution in [0.3, 0.4) is 0 Å². The first-order valence-electron chi connectivity index (χ1n) is 21.3. The summed E-state index contributed by atoms with van der Waals surface area (Å²) < 4.78 is 0. The molecule has 1 nitrogen and oxygen atoms in total. The maximum Gasteiger partial charge on any atom is 0.0540 e. The molecule has 59 heavy (non-hydrogen) atoms. The van der Waals surface area contributed by atoms with Gasteiger partial charge in [-0.05, 0) is 102 Å². The maximum atomic E-state index is 2.56. The van der Waals surface area contributed by atoms with E-state index in [2.05, 4.69) is 211 Å². The third-order valence-electron chi connectivity index (χ3n) is 12.9. The lowest BCUT2D eigenvalue weighted by atomic mass is 9.80. The highest BCUT2D eigenvalue weighted by atomic mass is 15.1. The second-order valence-electron chi connectivity index (χ2n) is 16.2. The summed E-state index contributed by atoms with van der Waals surface area (Å²) in [6, 6.07) is 76.7. The van der Waals surface area contributed by atoms with E-state index in [4.69, 9.17) is 0 Å². The average molecular weight is 756 g/mol. The largest absolute Gasteiger partial charge is 0.309 e. The molecule has 1 saturated carbocycles. The zero-order valence-corrected chi connectivity index (χ0v) is 33.2. The van der Waals surface area contributed by atoms with Gasteiger partial charge in [0.2, 0.25) is 0 Å². The molecular weight excluding hydrogens is 711 g/mol. The molecule has 10 aromatic rings. The highest BCUT2D eigenvalue weighted by Crippen LogP contribution is 2.51. The normalized spacial score (nSPS) is 13.4. The Morgan fingerprint density at radius 3 is 1.41 bits per heavy atom. The van der Waals surface area contributed by atoms with Crippen molar-refractivity contribution in [2.24, 2.45) is 0 Å². The van der Waals surface area contributed by atoms with Gasteiger partial charge in [0.05, 0.1) is 17.1 Å². The molecule has 1 fully saturated rings. The van der Waals surface area contributed by atoms with Crippen molar-refractivity contribution in [3.05, 3.63) is 212 Å². The highest BCUT2D eigenvalue weighted by Gasteiger charge is 2.26. The van der Waals surface area contributed by atoms with E-state index in [0.717, 1.165) is 17.1 Å². The van der Waals surface area contributed by atoms with E-state index in [0.29, 0.717) is 5.92 Å². The second kappa shape index (κ2) is 15.1. The lowest BCUT2D eigenvalue weighted by Gasteiger charge is -2.32. The SMILES string of the molecule is c1ccc(N(c2ccccc2-c2cccc3c2ccc2ccccc23)c2ccccc2-c2cccc3cccc(C4CCCCC4)c23)c(-c2cccc3ccccc23)c1. The minimum Gasteiger partial charge on any atom is -0.309 e. The first-order valence-corrected chi connectivity index (χ1v) is 21.3. The number of hydrogen-bond acceptors (Lipinski definition) is 1.